The molecular formula is C31H27N3O2S. The topological polar surface area (TPSA) is 66.3 Å². The smallest absolute Gasteiger partial charge is 0.307 e. The highest BCUT2D eigenvalue weighted by molar-refractivity contribution is 7.22. The molecule has 37 heavy (non-hydrogen) atoms. The number of aryl methyl sites for hydroxylation is 2. The Balaban J connectivity index is 1.51. The van der Waals surface area contributed by atoms with Gasteiger partial charge in [-0.2, -0.15) is 0 Å². The first-order valence-electron chi connectivity index (χ1n) is 12.4. The third-order valence-electron chi connectivity index (χ3n) is 7.22. The van der Waals surface area contributed by atoms with E-state index >= 15 is 0 Å². The molecule has 1 N–H and O–H groups in total. The quantitative estimate of drug-likeness (QED) is 0.281. The Morgan fingerprint density at radius 2 is 1.86 bits per heavy atom. The maximum absolute atomic E-state index is 11.8. The molecule has 0 amide bonds. The average Bonchev–Trinajstić information content (AvgIpc) is 3.48. The zero-order valence-electron chi connectivity index (χ0n) is 21.1. The Hall–Kier alpha value is -4.03. The number of anilines is 1. The Morgan fingerprint density at radius 3 is 2.65 bits per heavy atom. The van der Waals surface area contributed by atoms with E-state index in [0.717, 1.165) is 61.7 Å². The van der Waals surface area contributed by atoms with Crippen LogP contribution in [0.1, 0.15) is 22.3 Å². The second-order valence-electron chi connectivity index (χ2n) is 9.76. The summed E-state index contributed by atoms with van der Waals surface area (Å²) in [6.07, 6.45) is 2.85. The maximum Gasteiger partial charge on any atom is 0.307 e. The van der Waals surface area contributed by atoms with E-state index in [9.17, 15) is 9.90 Å². The lowest BCUT2D eigenvalue weighted by Crippen LogP contribution is -2.12. The van der Waals surface area contributed by atoms with Crippen LogP contribution in [0.3, 0.4) is 0 Å². The van der Waals surface area contributed by atoms with Crippen LogP contribution in [0.5, 0.6) is 0 Å². The van der Waals surface area contributed by atoms with Crippen LogP contribution in [0.15, 0.2) is 66.9 Å². The predicted octanol–water partition coefficient (Wildman–Crippen LogP) is 6.93. The molecule has 0 saturated carbocycles. The van der Waals surface area contributed by atoms with E-state index in [1.807, 2.05) is 25.3 Å². The summed E-state index contributed by atoms with van der Waals surface area (Å²) in [5.74, 6) is -0.833. The summed E-state index contributed by atoms with van der Waals surface area (Å²) in [7, 11) is 2.13. The first-order valence-corrected chi connectivity index (χ1v) is 13.2. The van der Waals surface area contributed by atoms with Crippen molar-refractivity contribution in [2.45, 2.75) is 26.7 Å². The van der Waals surface area contributed by atoms with Crippen molar-refractivity contribution in [3.05, 3.63) is 89.1 Å². The van der Waals surface area contributed by atoms with Crippen LogP contribution in [0.25, 0.3) is 43.2 Å². The minimum atomic E-state index is -0.833. The van der Waals surface area contributed by atoms with Crippen LogP contribution in [0.4, 0.5) is 5.69 Å². The Kier molecular flexibility index (Phi) is 5.76. The molecule has 0 bridgehead atoms. The van der Waals surface area contributed by atoms with E-state index in [-0.39, 0.29) is 6.42 Å². The van der Waals surface area contributed by atoms with E-state index in [1.165, 1.54) is 22.4 Å². The Labute approximate surface area is 220 Å². The first-order chi connectivity index (χ1) is 17.9. The molecule has 0 spiro atoms. The number of aliphatic carboxylic acids is 1. The van der Waals surface area contributed by atoms with Gasteiger partial charge in [0.25, 0.3) is 0 Å². The lowest BCUT2D eigenvalue weighted by molar-refractivity contribution is -0.136. The number of nitrogens with zero attached hydrogens (tertiary/aromatic N) is 3. The zero-order chi connectivity index (χ0) is 25.7. The first kappa shape index (κ1) is 23.4. The molecule has 6 heteroatoms. The number of pyridine rings is 1. The van der Waals surface area contributed by atoms with Crippen LogP contribution >= 0.6 is 11.3 Å². The van der Waals surface area contributed by atoms with Gasteiger partial charge in [0.15, 0.2) is 0 Å². The summed E-state index contributed by atoms with van der Waals surface area (Å²) in [6, 6.07) is 20.9. The van der Waals surface area contributed by atoms with Crippen molar-refractivity contribution in [3.8, 4) is 33.0 Å². The molecule has 5 aromatic rings. The lowest BCUT2D eigenvalue weighted by atomic mass is 9.93. The Bertz CT molecular complexity index is 1670. The van der Waals surface area contributed by atoms with Gasteiger partial charge in [-0.1, -0.05) is 42.0 Å². The van der Waals surface area contributed by atoms with Crippen molar-refractivity contribution < 1.29 is 9.90 Å². The van der Waals surface area contributed by atoms with E-state index in [2.05, 4.69) is 67.4 Å². The zero-order valence-corrected chi connectivity index (χ0v) is 21.9. The minimum Gasteiger partial charge on any atom is -0.481 e. The summed E-state index contributed by atoms with van der Waals surface area (Å²) in [4.78, 5) is 23.8. The number of hydrogen-bond acceptors (Lipinski definition) is 5. The summed E-state index contributed by atoms with van der Waals surface area (Å²) in [5.41, 5.74) is 11.6. The monoisotopic (exact) mass is 505 g/mol. The molecule has 0 saturated heterocycles. The number of hydrogen-bond donors (Lipinski definition) is 1. The number of fused-ring (bicyclic) bond motifs is 2. The molecule has 184 valence electrons. The highest BCUT2D eigenvalue weighted by atomic mass is 32.1. The second-order valence-corrected chi connectivity index (χ2v) is 10.8. The third-order valence-corrected chi connectivity index (χ3v) is 8.36. The third kappa shape index (κ3) is 4.17. The summed E-state index contributed by atoms with van der Waals surface area (Å²) >= 11 is 1.62. The van der Waals surface area contributed by atoms with Gasteiger partial charge in [0.2, 0.25) is 0 Å². The van der Waals surface area contributed by atoms with Crippen molar-refractivity contribution in [3.63, 3.8) is 0 Å². The van der Waals surface area contributed by atoms with E-state index in [0.29, 0.717) is 0 Å². The van der Waals surface area contributed by atoms with Gasteiger partial charge in [-0.3, -0.25) is 9.78 Å². The van der Waals surface area contributed by atoms with Gasteiger partial charge in [-0.15, -0.1) is 11.3 Å². The van der Waals surface area contributed by atoms with Gasteiger partial charge in [0, 0.05) is 42.2 Å². The largest absolute Gasteiger partial charge is 0.481 e. The molecule has 0 aliphatic carbocycles. The normalized spacial score (nSPS) is 12.8. The number of rotatable bonds is 5. The predicted molar refractivity (Wildman–Crippen MR) is 152 cm³/mol. The van der Waals surface area contributed by atoms with Gasteiger partial charge < -0.3 is 10.0 Å². The van der Waals surface area contributed by atoms with Gasteiger partial charge in [0.05, 0.1) is 22.3 Å². The SMILES string of the molecule is Cc1ccc(-c2c(CC(=O)O)c(C)cc3nc(-c4ccnc(-c5cccc6c5CCN6C)c4)sc23)cc1. The highest BCUT2D eigenvalue weighted by Crippen LogP contribution is 2.42. The molecule has 3 aromatic carbocycles. The lowest BCUT2D eigenvalue weighted by Gasteiger charge is -2.13. The fraction of sp³-hybridized carbons (Fsp3) is 0.194. The fourth-order valence-corrected chi connectivity index (χ4v) is 6.44. The molecule has 0 radical (unpaired) electrons. The van der Waals surface area contributed by atoms with Crippen molar-refractivity contribution in [1.82, 2.24) is 9.97 Å². The molecule has 0 atom stereocenters. The molecule has 1 aliphatic rings. The summed E-state index contributed by atoms with van der Waals surface area (Å²) in [6.45, 7) is 5.05. The molecule has 0 fully saturated rings. The van der Waals surface area contributed by atoms with Crippen LogP contribution in [-0.4, -0.2) is 34.6 Å². The molecule has 6 rings (SSSR count). The molecule has 3 heterocycles. The molecule has 1 aliphatic heterocycles. The minimum absolute atomic E-state index is 0.0226. The van der Waals surface area contributed by atoms with Crippen molar-refractivity contribution in [1.29, 1.82) is 0 Å². The maximum atomic E-state index is 11.8. The molecule has 5 nitrogen and oxygen atoms in total. The second kappa shape index (κ2) is 9.12. The van der Waals surface area contributed by atoms with Gasteiger partial charge in [-0.05, 0) is 66.8 Å². The fourth-order valence-electron chi connectivity index (χ4n) is 5.31. The van der Waals surface area contributed by atoms with Crippen LogP contribution in [-0.2, 0) is 17.6 Å². The summed E-state index contributed by atoms with van der Waals surface area (Å²) < 4.78 is 1.02. The number of benzene rings is 3. The van der Waals surface area contributed by atoms with Crippen LogP contribution in [0.2, 0.25) is 0 Å². The van der Waals surface area contributed by atoms with Gasteiger partial charge in [-0.25, -0.2) is 4.98 Å². The van der Waals surface area contributed by atoms with Crippen molar-refractivity contribution in [2.24, 2.45) is 0 Å². The standard InChI is InChI=1S/C31H27N3O2S/c1-18-7-9-20(10-8-18)29-24(17-28(35)36)19(2)15-26-30(29)37-31(33-26)21-11-13-32-25(16-21)22-5-4-6-27-23(22)12-14-34(27)3/h4-11,13,15-16H,12,14,17H2,1-3H3,(H,35,36). The van der Waals surface area contributed by atoms with E-state index < -0.39 is 5.97 Å². The highest BCUT2D eigenvalue weighted by Gasteiger charge is 2.22. The number of carbonyl (C=O) groups is 1. The van der Waals surface area contributed by atoms with Crippen LogP contribution in [0, 0.1) is 13.8 Å². The van der Waals surface area contributed by atoms with Gasteiger partial charge >= 0.3 is 5.97 Å². The number of carboxylic acids is 1. The summed E-state index contributed by atoms with van der Waals surface area (Å²) in [5, 5.41) is 10.6. The van der Waals surface area contributed by atoms with E-state index in [4.69, 9.17) is 9.97 Å². The van der Waals surface area contributed by atoms with Crippen molar-refractivity contribution in [2.75, 3.05) is 18.5 Å². The molecule has 0 unspecified atom stereocenters. The van der Waals surface area contributed by atoms with Crippen LogP contribution < -0.4 is 4.90 Å². The number of thiazole rings is 1. The molecule has 2 aromatic heterocycles. The van der Waals surface area contributed by atoms with E-state index in [1.54, 1.807) is 11.3 Å². The number of likely N-dealkylation sites (N-methyl/N-ethyl adjacent to an activating group) is 1. The number of aromatic nitrogens is 2. The Morgan fingerprint density at radius 1 is 1.05 bits per heavy atom. The molecular weight excluding hydrogens is 478 g/mol. The van der Waals surface area contributed by atoms with Gasteiger partial charge in [0.1, 0.15) is 5.01 Å². The average molecular weight is 506 g/mol. The van der Waals surface area contributed by atoms with Crippen molar-refractivity contribution >= 4 is 33.2 Å². The number of carboxylic acid groups (broad SMARTS) is 1.